The summed E-state index contributed by atoms with van der Waals surface area (Å²) in [5.74, 6) is 1.69. The Balaban J connectivity index is 0.000000214. The second kappa shape index (κ2) is 30.5. The number of nitro groups is 3. The molecule has 0 aliphatic rings. The maximum atomic E-state index is 12.0. The van der Waals surface area contributed by atoms with Crippen LogP contribution in [0.1, 0.15) is 47.8 Å². The number of alkyl halides is 1. The van der Waals surface area contributed by atoms with Gasteiger partial charge in [0.2, 0.25) is 17.2 Å². The minimum Gasteiger partial charge on any atom is -0.487 e. The molecule has 26 heteroatoms. The van der Waals surface area contributed by atoms with Crippen molar-refractivity contribution in [1.82, 2.24) is 35.1 Å². The van der Waals surface area contributed by atoms with Crippen LogP contribution in [0, 0.1) is 30.3 Å². The minimum atomic E-state index is -0.555. The highest BCUT2D eigenvalue weighted by Gasteiger charge is 2.20. The molecule has 6 aromatic carbocycles. The van der Waals surface area contributed by atoms with Crippen LogP contribution in [-0.2, 0) is 19.1 Å². The Bertz CT molecular complexity index is 3390. The van der Waals surface area contributed by atoms with Gasteiger partial charge in [0.25, 0.3) is 17.7 Å². The van der Waals surface area contributed by atoms with E-state index in [0.29, 0.717) is 56.4 Å². The van der Waals surface area contributed by atoms with Crippen LogP contribution in [0.4, 0.5) is 17.1 Å². The van der Waals surface area contributed by atoms with Crippen LogP contribution in [-0.4, -0.2) is 115 Å². The number of ether oxygens (including phenoxy) is 4. The molecule has 424 valence electrons. The fraction of sp³-hybridized carbons (Fsp3) is 0.161. The molecular formula is C56H53ClN10O15. The number of carbonyl (C=O) groups excluding carboxylic acids is 3. The fourth-order valence-corrected chi connectivity index (χ4v) is 6.80. The first-order chi connectivity index (χ1) is 39.2. The fourth-order valence-electron chi connectivity index (χ4n) is 6.63. The molecule has 8 aromatic rings. The molecule has 0 bridgehead atoms. The van der Waals surface area contributed by atoms with Crippen molar-refractivity contribution in [1.29, 1.82) is 0 Å². The van der Waals surface area contributed by atoms with Crippen LogP contribution in [0.2, 0.25) is 0 Å². The van der Waals surface area contributed by atoms with Gasteiger partial charge in [-0.2, -0.15) is 15.3 Å². The van der Waals surface area contributed by atoms with E-state index >= 15 is 0 Å². The lowest BCUT2D eigenvalue weighted by atomic mass is 10.2. The molecule has 2 N–H and O–H groups in total. The van der Waals surface area contributed by atoms with E-state index in [1.165, 1.54) is 82.0 Å². The molecule has 8 rings (SSSR count). The van der Waals surface area contributed by atoms with Crippen LogP contribution in [0.3, 0.4) is 0 Å². The van der Waals surface area contributed by atoms with Gasteiger partial charge in [-0.05, 0) is 120 Å². The molecular weight excluding hydrogens is 1090 g/mol. The number of aliphatic hydroxyl groups excluding tert-OH is 1. The Kier molecular flexibility index (Phi) is 23.1. The first-order valence-corrected chi connectivity index (χ1v) is 24.6. The smallest absolute Gasteiger partial charge is 0.311 e. The average Bonchev–Trinajstić information content (AvgIpc) is 3.52. The van der Waals surface area contributed by atoms with Gasteiger partial charge in [0, 0.05) is 101 Å². The Morgan fingerprint density at radius 1 is 0.524 bits per heavy atom. The van der Waals surface area contributed by atoms with E-state index in [-0.39, 0.29) is 76.6 Å². The minimum absolute atomic E-state index is 0.0354. The van der Waals surface area contributed by atoms with E-state index in [0.717, 1.165) is 0 Å². The summed E-state index contributed by atoms with van der Waals surface area (Å²) < 4.78 is 22.4. The summed E-state index contributed by atoms with van der Waals surface area (Å²) in [7, 11) is 9.94. The molecule has 0 unspecified atom stereocenters. The lowest BCUT2D eigenvalue weighted by molar-refractivity contribution is -0.385. The van der Waals surface area contributed by atoms with Crippen molar-refractivity contribution >= 4 is 46.4 Å². The zero-order valence-corrected chi connectivity index (χ0v) is 45.5. The highest BCUT2D eigenvalue weighted by molar-refractivity contribution is 6.17. The molecule has 3 amide bonds. The standard InChI is InChI=1S/C20H18N4O5.C16H15ClN2O4.C16H16N2O5.C4H4N2O/c1-23(2)20(25)15-4-6-16(7-5-15)29-19-11-14(3-8-18(19)24(26)27)13-28-17-9-10-21-22-12-17;1-18(2)16(20)12-4-6-13(7-5-12)23-15-9-11(10-17)3-8-14(15)19(21)22;1-17(2)16(20)12-4-6-13(7-5-12)23-15-9-11(10-19)3-8-14(15)18(21)22;7-4-1-2-5-6-3-4/h3-12H,13H2,1-2H3;3-9H,10H2,1-2H3;3-9,19H,10H2,1-2H3;1-3H,(H,5,7). The van der Waals surface area contributed by atoms with E-state index in [1.807, 2.05) is 0 Å². The number of nitrogens with one attached hydrogen (secondary N) is 1. The van der Waals surface area contributed by atoms with Crippen LogP contribution >= 0.6 is 11.6 Å². The summed E-state index contributed by atoms with van der Waals surface area (Å²) in [4.78, 5) is 82.0. The van der Waals surface area contributed by atoms with E-state index in [4.69, 9.17) is 35.7 Å². The normalized spacial score (nSPS) is 10.1. The number of aromatic nitrogens is 4. The van der Waals surface area contributed by atoms with Gasteiger partial charge in [-0.25, -0.2) is 0 Å². The summed E-state index contributed by atoms with van der Waals surface area (Å²) in [6.07, 6.45) is 5.69. The molecule has 0 aliphatic carbocycles. The molecule has 0 atom stereocenters. The van der Waals surface area contributed by atoms with Crippen LogP contribution in [0.5, 0.6) is 40.2 Å². The second-order valence-electron chi connectivity index (χ2n) is 17.4. The monoisotopic (exact) mass is 1140 g/mol. The maximum Gasteiger partial charge on any atom is 0.311 e. The molecule has 0 saturated carbocycles. The van der Waals surface area contributed by atoms with E-state index < -0.39 is 14.8 Å². The van der Waals surface area contributed by atoms with Gasteiger partial charge in [0.1, 0.15) is 29.6 Å². The number of H-pyrrole nitrogens is 1. The highest BCUT2D eigenvalue weighted by atomic mass is 35.5. The van der Waals surface area contributed by atoms with Crippen LogP contribution in [0.25, 0.3) is 0 Å². The van der Waals surface area contributed by atoms with Crippen molar-refractivity contribution in [2.75, 3.05) is 42.3 Å². The number of amides is 3. The highest BCUT2D eigenvalue weighted by Crippen LogP contribution is 2.35. The van der Waals surface area contributed by atoms with Gasteiger partial charge in [-0.1, -0.05) is 6.07 Å². The Labute approximate surface area is 472 Å². The van der Waals surface area contributed by atoms with Crippen molar-refractivity contribution in [3.8, 4) is 40.2 Å². The van der Waals surface area contributed by atoms with E-state index in [9.17, 15) is 49.5 Å². The third-order valence-electron chi connectivity index (χ3n) is 10.8. The number of hydrogen-bond acceptors (Lipinski definition) is 18. The topological polar surface area (TPSA) is 319 Å². The van der Waals surface area contributed by atoms with Crippen molar-refractivity contribution in [2.45, 2.75) is 19.1 Å². The summed E-state index contributed by atoms with van der Waals surface area (Å²) in [6.45, 7) is -0.0685. The van der Waals surface area contributed by atoms with Crippen molar-refractivity contribution in [2.24, 2.45) is 0 Å². The number of aliphatic hydroxyl groups is 1. The Morgan fingerprint density at radius 2 is 0.915 bits per heavy atom. The molecule has 82 heavy (non-hydrogen) atoms. The Morgan fingerprint density at radius 3 is 1.23 bits per heavy atom. The zero-order valence-electron chi connectivity index (χ0n) is 44.8. The van der Waals surface area contributed by atoms with Gasteiger partial charge >= 0.3 is 17.1 Å². The lowest BCUT2D eigenvalue weighted by Crippen LogP contribution is -2.21. The lowest BCUT2D eigenvalue weighted by Gasteiger charge is -2.12. The number of nitro benzene ring substituents is 3. The number of nitrogens with zero attached hydrogens (tertiary/aromatic N) is 9. The number of halogens is 1. The second-order valence-corrected chi connectivity index (χ2v) is 17.7. The van der Waals surface area contributed by atoms with Crippen LogP contribution < -0.4 is 24.4 Å². The van der Waals surface area contributed by atoms with Gasteiger partial charge in [-0.15, -0.1) is 11.6 Å². The molecule has 2 aromatic heterocycles. The van der Waals surface area contributed by atoms with Gasteiger partial charge < -0.3 is 38.8 Å². The first kappa shape index (κ1) is 62.2. The Hall–Kier alpha value is -10.7. The largest absolute Gasteiger partial charge is 0.487 e. The molecule has 25 nitrogen and oxygen atoms in total. The van der Waals surface area contributed by atoms with Crippen molar-refractivity contribution in [3.63, 3.8) is 0 Å². The van der Waals surface area contributed by atoms with Gasteiger partial charge in [0.15, 0.2) is 5.43 Å². The summed E-state index contributed by atoms with van der Waals surface area (Å²) in [6, 6.07) is 35.3. The SMILES string of the molecule is CN(C)C(=O)c1ccc(Oc2cc(CCl)ccc2[N+](=O)[O-])cc1.CN(C)C(=O)c1ccc(Oc2cc(CO)ccc2[N+](=O)[O-])cc1.CN(C)C(=O)c1ccc(Oc2cc(COc3ccnnc3)ccc2[N+](=O)[O-])cc1.O=c1cc[nH]nc1. The molecule has 0 radical (unpaired) electrons. The predicted molar refractivity (Wildman–Crippen MR) is 300 cm³/mol. The average molecular weight is 1140 g/mol. The van der Waals surface area contributed by atoms with Gasteiger partial charge in [-0.3, -0.25) is 54.6 Å². The van der Waals surface area contributed by atoms with Crippen LogP contribution in [0.15, 0.2) is 169 Å². The number of rotatable bonds is 17. The van der Waals surface area contributed by atoms with Crippen molar-refractivity contribution in [3.05, 3.63) is 238 Å². The zero-order chi connectivity index (χ0) is 59.9. The molecule has 0 fully saturated rings. The third-order valence-corrected chi connectivity index (χ3v) is 11.1. The number of aromatic amines is 1. The molecule has 2 heterocycles. The molecule has 0 spiro atoms. The van der Waals surface area contributed by atoms with Gasteiger partial charge in [0.05, 0.1) is 40.0 Å². The quantitative estimate of drug-likeness (QED) is 0.0486. The summed E-state index contributed by atoms with van der Waals surface area (Å²) >= 11 is 5.75. The number of hydrogen-bond donors (Lipinski definition) is 2. The molecule has 0 saturated heterocycles. The van der Waals surface area contributed by atoms with Crippen molar-refractivity contribution < 1.29 is 53.2 Å². The number of carbonyl (C=O) groups is 3. The predicted octanol–water partition coefficient (Wildman–Crippen LogP) is 9.64. The van der Waals surface area contributed by atoms with E-state index in [2.05, 4.69) is 20.4 Å². The first-order valence-electron chi connectivity index (χ1n) is 24.0. The molecule has 0 aliphatic heterocycles. The maximum absolute atomic E-state index is 12.0. The summed E-state index contributed by atoms with van der Waals surface area (Å²) in [5.41, 5.74) is 2.80. The summed E-state index contributed by atoms with van der Waals surface area (Å²) in [5, 5.41) is 55.9. The number of benzene rings is 6. The van der Waals surface area contributed by atoms with E-state index in [1.54, 1.807) is 139 Å². The third kappa shape index (κ3) is 18.8.